The van der Waals surface area contributed by atoms with E-state index in [-0.39, 0.29) is 18.2 Å². The third kappa shape index (κ3) is 5.39. The van der Waals surface area contributed by atoms with Gasteiger partial charge in [0.2, 0.25) is 11.7 Å². The highest BCUT2D eigenvalue weighted by molar-refractivity contribution is 5.79. The number of methoxy groups -OCH3 is 3. The highest BCUT2D eigenvalue weighted by Gasteiger charge is 2.15. The molecule has 1 heterocycles. The zero-order valence-electron chi connectivity index (χ0n) is 17.0. The summed E-state index contributed by atoms with van der Waals surface area (Å²) in [5.41, 5.74) is 2.93. The summed E-state index contributed by atoms with van der Waals surface area (Å²) < 4.78 is 17.9. The van der Waals surface area contributed by atoms with Crippen LogP contribution < -0.4 is 19.5 Å². The topological polar surface area (TPSA) is 74.6 Å². The number of amides is 1. The van der Waals surface area contributed by atoms with E-state index in [2.05, 4.69) is 23.4 Å². The minimum absolute atomic E-state index is 0.0514. The van der Waals surface area contributed by atoms with Gasteiger partial charge in [0.15, 0.2) is 11.5 Å². The average Bonchev–Trinajstić information content (AvgIpc) is 2.95. The van der Waals surface area contributed by atoms with E-state index in [1.165, 1.54) is 0 Å². The van der Waals surface area contributed by atoms with Crippen LogP contribution in [-0.2, 0) is 17.8 Å². The van der Waals surface area contributed by atoms with Crippen LogP contribution in [0.4, 0.5) is 0 Å². The van der Waals surface area contributed by atoms with Crippen LogP contribution in [0, 0.1) is 19.8 Å². The maximum atomic E-state index is 12.3. The first kappa shape index (κ1) is 20.6. The Bertz CT molecular complexity index is 761. The molecule has 27 heavy (non-hydrogen) atoms. The third-order valence-corrected chi connectivity index (χ3v) is 4.32. The normalized spacial score (nSPS) is 11.8. The molecule has 148 valence electrons. The lowest BCUT2D eigenvalue weighted by Gasteiger charge is -2.15. The molecule has 0 unspecified atom stereocenters. The van der Waals surface area contributed by atoms with Gasteiger partial charge in [0, 0.05) is 18.8 Å². The Morgan fingerprint density at radius 2 is 1.74 bits per heavy atom. The lowest BCUT2D eigenvalue weighted by atomic mass is 10.1. The molecule has 0 aliphatic rings. The second-order valence-corrected chi connectivity index (χ2v) is 6.73. The summed E-state index contributed by atoms with van der Waals surface area (Å²) in [4.78, 5) is 12.3. The summed E-state index contributed by atoms with van der Waals surface area (Å²) in [5.74, 6) is 1.81. The van der Waals surface area contributed by atoms with E-state index in [1.54, 1.807) is 33.5 Å². The molecule has 1 amide bonds. The summed E-state index contributed by atoms with van der Waals surface area (Å²) in [6, 6.07) is 5.64. The van der Waals surface area contributed by atoms with Gasteiger partial charge in [-0.15, -0.1) is 0 Å². The molecule has 0 spiro atoms. The summed E-state index contributed by atoms with van der Waals surface area (Å²) in [6.07, 6.45) is 0.239. The van der Waals surface area contributed by atoms with Crippen molar-refractivity contribution in [3.8, 4) is 17.2 Å². The fourth-order valence-corrected chi connectivity index (χ4v) is 2.99. The summed E-state index contributed by atoms with van der Waals surface area (Å²) in [5, 5.41) is 7.45. The smallest absolute Gasteiger partial charge is 0.224 e. The summed E-state index contributed by atoms with van der Waals surface area (Å²) in [7, 11) is 4.67. The Morgan fingerprint density at radius 1 is 1.11 bits per heavy atom. The van der Waals surface area contributed by atoms with Crippen molar-refractivity contribution in [3.05, 3.63) is 35.2 Å². The second-order valence-electron chi connectivity index (χ2n) is 6.73. The number of carbonyl (C=O) groups excluding carboxylic acids is 1. The van der Waals surface area contributed by atoms with Gasteiger partial charge >= 0.3 is 0 Å². The van der Waals surface area contributed by atoms with E-state index in [0.717, 1.165) is 23.5 Å². The van der Waals surface area contributed by atoms with Crippen molar-refractivity contribution in [1.29, 1.82) is 0 Å². The Kier molecular flexibility index (Phi) is 7.10. The molecule has 1 atom stereocenters. The number of nitrogens with zero attached hydrogens (tertiary/aromatic N) is 2. The van der Waals surface area contributed by atoms with E-state index in [9.17, 15) is 4.79 Å². The first-order valence-electron chi connectivity index (χ1n) is 8.94. The van der Waals surface area contributed by atoms with Crippen LogP contribution in [-0.4, -0.2) is 43.6 Å². The zero-order valence-corrected chi connectivity index (χ0v) is 17.0. The number of rotatable bonds is 9. The molecule has 0 bridgehead atoms. The van der Waals surface area contributed by atoms with Gasteiger partial charge < -0.3 is 19.5 Å². The highest BCUT2D eigenvalue weighted by atomic mass is 16.5. The van der Waals surface area contributed by atoms with Crippen molar-refractivity contribution >= 4 is 5.91 Å². The van der Waals surface area contributed by atoms with Crippen LogP contribution in [0.5, 0.6) is 17.2 Å². The lowest BCUT2D eigenvalue weighted by molar-refractivity contribution is -0.120. The molecule has 0 fully saturated rings. The molecule has 0 radical (unpaired) electrons. The maximum absolute atomic E-state index is 12.3. The maximum Gasteiger partial charge on any atom is 0.224 e. The zero-order chi connectivity index (χ0) is 20.0. The van der Waals surface area contributed by atoms with E-state index in [4.69, 9.17) is 14.2 Å². The first-order valence-corrected chi connectivity index (χ1v) is 8.94. The van der Waals surface area contributed by atoms with E-state index >= 15 is 0 Å². The Balaban J connectivity index is 1.94. The second kappa shape index (κ2) is 9.30. The van der Waals surface area contributed by atoms with Crippen molar-refractivity contribution in [2.75, 3.05) is 27.9 Å². The van der Waals surface area contributed by atoms with Crippen molar-refractivity contribution in [2.24, 2.45) is 5.92 Å². The van der Waals surface area contributed by atoms with Gasteiger partial charge in [0.05, 0.1) is 33.4 Å². The molecule has 1 aromatic carbocycles. The van der Waals surface area contributed by atoms with Gasteiger partial charge in [0.1, 0.15) is 0 Å². The number of hydrogen-bond acceptors (Lipinski definition) is 5. The van der Waals surface area contributed by atoms with Crippen LogP contribution in [0.2, 0.25) is 0 Å². The van der Waals surface area contributed by atoms with Crippen LogP contribution in [0.15, 0.2) is 18.2 Å². The number of aromatic nitrogens is 2. The van der Waals surface area contributed by atoms with Gasteiger partial charge in [-0.25, -0.2) is 0 Å². The molecule has 0 saturated heterocycles. The van der Waals surface area contributed by atoms with Gasteiger partial charge in [0.25, 0.3) is 0 Å². The molecule has 0 aliphatic heterocycles. The molecule has 0 aliphatic carbocycles. The van der Waals surface area contributed by atoms with Crippen LogP contribution in [0.1, 0.15) is 23.9 Å². The monoisotopic (exact) mass is 375 g/mol. The van der Waals surface area contributed by atoms with Crippen LogP contribution in [0.3, 0.4) is 0 Å². The molecule has 2 rings (SSSR count). The molecule has 1 aromatic heterocycles. The number of aryl methyl sites for hydroxylation is 2. The van der Waals surface area contributed by atoms with Crippen molar-refractivity contribution in [3.63, 3.8) is 0 Å². The fourth-order valence-electron chi connectivity index (χ4n) is 2.99. The molecular formula is C20H29N3O4. The van der Waals surface area contributed by atoms with Crippen molar-refractivity contribution in [2.45, 2.75) is 33.7 Å². The molecule has 7 heteroatoms. The number of nitrogens with one attached hydrogen (secondary N) is 1. The van der Waals surface area contributed by atoms with Crippen LogP contribution in [0.25, 0.3) is 0 Å². The van der Waals surface area contributed by atoms with E-state index in [1.807, 2.05) is 18.5 Å². The predicted octanol–water partition coefficient (Wildman–Crippen LogP) is 2.52. The minimum Gasteiger partial charge on any atom is -0.493 e. The Hall–Kier alpha value is -2.70. The Morgan fingerprint density at radius 3 is 2.22 bits per heavy atom. The van der Waals surface area contributed by atoms with Gasteiger partial charge in [-0.3, -0.25) is 9.48 Å². The lowest BCUT2D eigenvalue weighted by Crippen LogP contribution is -2.31. The van der Waals surface area contributed by atoms with Gasteiger partial charge in [-0.05, 0) is 43.5 Å². The van der Waals surface area contributed by atoms with Gasteiger partial charge in [-0.2, -0.15) is 5.10 Å². The van der Waals surface area contributed by atoms with Crippen LogP contribution >= 0.6 is 0 Å². The van der Waals surface area contributed by atoms with Crippen molar-refractivity contribution in [1.82, 2.24) is 15.1 Å². The minimum atomic E-state index is -0.0514. The highest BCUT2D eigenvalue weighted by Crippen LogP contribution is 2.38. The SMILES string of the molecule is COc1cc(CC(=O)NC[C@@H](C)Cn2nc(C)cc2C)cc(OC)c1OC. The fraction of sp³-hybridized carbons (Fsp3) is 0.500. The number of carbonyl (C=O) groups is 1. The number of hydrogen-bond donors (Lipinski definition) is 1. The predicted molar refractivity (Wildman–Crippen MR) is 104 cm³/mol. The molecular weight excluding hydrogens is 346 g/mol. The standard InChI is InChI=1S/C20H29N3O4/c1-13(12-23-15(3)7-14(2)22-23)11-21-19(24)10-16-8-17(25-4)20(27-6)18(9-16)26-5/h7-9,13H,10-12H2,1-6H3,(H,21,24)/t13-/m1/s1. The molecule has 0 saturated carbocycles. The first-order chi connectivity index (χ1) is 12.9. The number of benzene rings is 1. The molecule has 2 aromatic rings. The van der Waals surface area contributed by atoms with Gasteiger partial charge in [-0.1, -0.05) is 6.92 Å². The Labute approximate surface area is 160 Å². The summed E-state index contributed by atoms with van der Waals surface area (Å²) >= 11 is 0. The largest absolute Gasteiger partial charge is 0.493 e. The van der Waals surface area contributed by atoms with Crippen molar-refractivity contribution < 1.29 is 19.0 Å². The third-order valence-electron chi connectivity index (χ3n) is 4.32. The van der Waals surface area contributed by atoms with E-state index < -0.39 is 0 Å². The molecule has 7 nitrogen and oxygen atoms in total. The summed E-state index contributed by atoms with van der Waals surface area (Å²) in [6.45, 7) is 7.46. The average molecular weight is 375 g/mol. The number of ether oxygens (including phenoxy) is 3. The quantitative estimate of drug-likeness (QED) is 0.729. The molecule has 1 N–H and O–H groups in total. The van der Waals surface area contributed by atoms with E-state index in [0.29, 0.717) is 23.8 Å².